The van der Waals surface area contributed by atoms with Crippen molar-refractivity contribution >= 4 is 34.0 Å². The van der Waals surface area contributed by atoms with Crippen molar-refractivity contribution in [1.29, 1.82) is 0 Å². The Balaban J connectivity index is 0.833. The van der Waals surface area contributed by atoms with Crippen LogP contribution in [0.2, 0.25) is 0 Å². The standard InChI is InChI=1S/C66H52N2/c1-6-16-49(17-7-1)54-34-40-61(41-35-54)67(59-22-12-4-13-23-59)62-42-38-56(39-43-62)52-28-26-51(27-29-52)53-30-32-58(33-31-53)65-47-46-64(48-66(65)57-20-10-3-11-21-57)68(60-24-14-5-15-25-60)63-44-36-55(37-45-63)50-18-8-2-9-19-50/h1-10,12-20,22-47,64H,11,21,48H2. The zero-order valence-corrected chi connectivity index (χ0v) is 38.1. The number of nitrogens with zero attached hydrogens (tertiary/aromatic N) is 2. The molecule has 0 heterocycles. The lowest BCUT2D eigenvalue weighted by atomic mass is 9.82. The molecule has 0 fully saturated rings. The summed E-state index contributed by atoms with van der Waals surface area (Å²) < 4.78 is 0. The molecule has 0 saturated heterocycles. The Hall–Kier alpha value is -8.46. The van der Waals surface area contributed by atoms with Gasteiger partial charge in [0.15, 0.2) is 0 Å². The number of rotatable bonds is 12. The summed E-state index contributed by atoms with van der Waals surface area (Å²) in [6.45, 7) is 0. The van der Waals surface area contributed by atoms with Crippen LogP contribution < -0.4 is 9.80 Å². The first-order valence-corrected chi connectivity index (χ1v) is 23.8. The van der Waals surface area contributed by atoms with E-state index in [4.69, 9.17) is 0 Å². The normalized spacial score (nSPS) is 14.4. The van der Waals surface area contributed by atoms with Gasteiger partial charge in [-0.1, -0.05) is 212 Å². The lowest BCUT2D eigenvalue weighted by Crippen LogP contribution is -2.31. The van der Waals surface area contributed by atoms with Crippen LogP contribution in [0.15, 0.2) is 284 Å². The van der Waals surface area contributed by atoms with E-state index in [1.165, 1.54) is 78.2 Å². The number of benzene rings is 9. The molecular weight excluding hydrogens is 821 g/mol. The Morgan fingerprint density at radius 2 is 0.691 bits per heavy atom. The van der Waals surface area contributed by atoms with Gasteiger partial charge in [0.25, 0.3) is 0 Å². The number of hydrogen-bond donors (Lipinski definition) is 0. The van der Waals surface area contributed by atoms with Crippen LogP contribution in [-0.4, -0.2) is 6.04 Å². The third-order valence-corrected chi connectivity index (χ3v) is 13.4. The van der Waals surface area contributed by atoms with Gasteiger partial charge in [0, 0.05) is 28.4 Å². The van der Waals surface area contributed by atoms with Gasteiger partial charge in [-0.25, -0.2) is 0 Å². The van der Waals surface area contributed by atoms with Gasteiger partial charge < -0.3 is 9.80 Å². The van der Waals surface area contributed by atoms with E-state index in [-0.39, 0.29) is 6.04 Å². The first kappa shape index (κ1) is 42.2. The summed E-state index contributed by atoms with van der Waals surface area (Å²) >= 11 is 0. The molecule has 2 aliphatic rings. The minimum absolute atomic E-state index is 0.153. The molecule has 1 atom stereocenters. The average Bonchev–Trinajstić information content (AvgIpc) is 3.43. The summed E-state index contributed by atoms with van der Waals surface area (Å²) in [6, 6.07) is 87.8. The molecule has 326 valence electrons. The molecule has 11 rings (SSSR count). The third-order valence-electron chi connectivity index (χ3n) is 13.4. The molecule has 68 heavy (non-hydrogen) atoms. The van der Waals surface area contributed by atoms with Crippen molar-refractivity contribution in [2.45, 2.75) is 25.3 Å². The summed E-state index contributed by atoms with van der Waals surface area (Å²) in [4.78, 5) is 4.83. The first-order valence-electron chi connectivity index (χ1n) is 23.8. The fourth-order valence-electron chi connectivity index (χ4n) is 9.82. The highest BCUT2D eigenvalue weighted by molar-refractivity contribution is 5.85. The van der Waals surface area contributed by atoms with Crippen molar-refractivity contribution in [3.05, 3.63) is 290 Å². The van der Waals surface area contributed by atoms with E-state index in [2.05, 4.69) is 283 Å². The molecule has 0 saturated carbocycles. The van der Waals surface area contributed by atoms with Crippen LogP contribution >= 0.6 is 0 Å². The Morgan fingerprint density at radius 3 is 1.13 bits per heavy atom. The maximum Gasteiger partial charge on any atom is 0.0566 e. The summed E-state index contributed by atoms with van der Waals surface area (Å²) in [5.41, 5.74) is 20.8. The Morgan fingerprint density at radius 1 is 0.338 bits per heavy atom. The highest BCUT2D eigenvalue weighted by Crippen LogP contribution is 2.42. The zero-order chi connectivity index (χ0) is 45.5. The molecule has 2 nitrogen and oxygen atoms in total. The highest BCUT2D eigenvalue weighted by atomic mass is 15.2. The fourth-order valence-corrected chi connectivity index (χ4v) is 9.82. The van der Waals surface area contributed by atoms with Crippen LogP contribution in [0, 0.1) is 0 Å². The molecule has 2 heteroatoms. The van der Waals surface area contributed by atoms with Crippen molar-refractivity contribution in [2.75, 3.05) is 9.80 Å². The van der Waals surface area contributed by atoms with E-state index in [1.54, 1.807) is 0 Å². The van der Waals surface area contributed by atoms with Gasteiger partial charge in [-0.3, -0.25) is 0 Å². The molecule has 1 unspecified atom stereocenters. The lowest BCUT2D eigenvalue weighted by Gasteiger charge is -2.36. The van der Waals surface area contributed by atoms with Gasteiger partial charge in [0.1, 0.15) is 0 Å². The second-order valence-corrected chi connectivity index (χ2v) is 17.6. The Bertz CT molecular complexity index is 3220. The highest BCUT2D eigenvalue weighted by Gasteiger charge is 2.27. The number of hydrogen-bond acceptors (Lipinski definition) is 2. The summed E-state index contributed by atoms with van der Waals surface area (Å²) in [7, 11) is 0. The smallest absolute Gasteiger partial charge is 0.0566 e. The quantitative estimate of drug-likeness (QED) is 0.121. The molecule has 9 aromatic rings. The minimum atomic E-state index is 0.153. The predicted molar refractivity (Wildman–Crippen MR) is 289 cm³/mol. The van der Waals surface area contributed by atoms with Crippen LogP contribution in [0.3, 0.4) is 0 Å². The Labute approximate surface area is 401 Å². The average molecular weight is 873 g/mol. The predicted octanol–water partition coefficient (Wildman–Crippen LogP) is 18.0. The van der Waals surface area contributed by atoms with Crippen LogP contribution in [0.1, 0.15) is 24.8 Å². The molecule has 0 bridgehead atoms. The first-order chi connectivity index (χ1) is 33.7. The molecule has 0 N–H and O–H groups in total. The van der Waals surface area contributed by atoms with Crippen LogP contribution in [0.5, 0.6) is 0 Å². The molecular formula is C66H52N2. The van der Waals surface area contributed by atoms with Crippen molar-refractivity contribution < 1.29 is 0 Å². The minimum Gasteiger partial charge on any atom is -0.334 e. The van der Waals surface area contributed by atoms with Gasteiger partial charge in [-0.2, -0.15) is 0 Å². The summed E-state index contributed by atoms with van der Waals surface area (Å²) in [5, 5.41) is 0. The van der Waals surface area contributed by atoms with Crippen LogP contribution in [-0.2, 0) is 0 Å². The second kappa shape index (κ2) is 19.6. The number of anilines is 5. The zero-order valence-electron chi connectivity index (χ0n) is 38.1. The molecule has 0 aliphatic heterocycles. The van der Waals surface area contributed by atoms with Crippen molar-refractivity contribution in [3.63, 3.8) is 0 Å². The van der Waals surface area contributed by atoms with Crippen molar-refractivity contribution in [3.8, 4) is 44.5 Å². The van der Waals surface area contributed by atoms with E-state index in [0.717, 1.165) is 36.3 Å². The summed E-state index contributed by atoms with van der Waals surface area (Å²) in [5.74, 6) is 0. The maximum absolute atomic E-state index is 2.51. The monoisotopic (exact) mass is 872 g/mol. The van der Waals surface area contributed by atoms with E-state index in [0.29, 0.717) is 0 Å². The third kappa shape index (κ3) is 9.05. The largest absolute Gasteiger partial charge is 0.334 e. The van der Waals surface area contributed by atoms with Crippen molar-refractivity contribution in [2.24, 2.45) is 0 Å². The van der Waals surface area contributed by atoms with E-state index >= 15 is 0 Å². The van der Waals surface area contributed by atoms with Crippen LogP contribution in [0.25, 0.3) is 50.1 Å². The van der Waals surface area contributed by atoms with Gasteiger partial charge in [0.2, 0.25) is 0 Å². The van der Waals surface area contributed by atoms with Gasteiger partial charge in [-0.15, -0.1) is 0 Å². The molecule has 0 spiro atoms. The SMILES string of the molecule is C1=CCCC(C2=C(c3ccc(-c4ccc(-c5ccc(N(c6ccccc6)c6ccc(-c7ccccc7)cc6)cc5)cc4)cc3)C=CC(N(c3ccccc3)c3ccc(-c4ccccc4)cc3)C2)=C1. The molecule has 0 aromatic heterocycles. The number of allylic oxidation sites excluding steroid dienone is 6. The lowest BCUT2D eigenvalue weighted by molar-refractivity contribution is 0.754. The molecule has 0 radical (unpaired) electrons. The topological polar surface area (TPSA) is 6.48 Å². The van der Waals surface area contributed by atoms with E-state index < -0.39 is 0 Å². The van der Waals surface area contributed by atoms with Crippen LogP contribution in [0.4, 0.5) is 28.4 Å². The number of para-hydroxylation sites is 2. The maximum atomic E-state index is 2.51. The van der Waals surface area contributed by atoms with Gasteiger partial charge in [0.05, 0.1) is 6.04 Å². The van der Waals surface area contributed by atoms with Gasteiger partial charge in [-0.05, 0) is 147 Å². The summed E-state index contributed by atoms with van der Waals surface area (Å²) in [6.07, 6.45) is 14.7. The second-order valence-electron chi connectivity index (χ2n) is 17.6. The van der Waals surface area contributed by atoms with Crippen molar-refractivity contribution in [1.82, 2.24) is 0 Å². The fraction of sp³-hybridized carbons (Fsp3) is 0.0606. The van der Waals surface area contributed by atoms with E-state index in [1.807, 2.05) is 0 Å². The van der Waals surface area contributed by atoms with Gasteiger partial charge >= 0.3 is 0 Å². The molecule has 2 aliphatic carbocycles. The molecule has 0 amide bonds. The Kier molecular flexibility index (Phi) is 12.1. The molecule has 9 aromatic carbocycles. The van der Waals surface area contributed by atoms with E-state index in [9.17, 15) is 0 Å².